The van der Waals surface area contributed by atoms with Crippen molar-refractivity contribution in [2.24, 2.45) is 0 Å². The molecule has 0 saturated heterocycles. The molecule has 0 fully saturated rings. The fourth-order valence-electron chi connectivity index (χ4n) is 0. The van der Waals surface area contributed by atoms with Crippen LogP contribution in [0.4, 0.5) is 0 Å². The van der Waals surface area contributed by atoms with E-state index in [9.17, 15) is 0 Å². The molecule has 0 aliphatic heterocycles. The van der Waals surface area contributed by atoms with E-state index in [0.29, 0.717) is 0 Å². The Morgan fingerprint density at radius 3 is 1.40 bits per heavy atom. The van der Waals surface area contributed by atoms with Crippen LogP contribution in [-0.4, -0.2) is 5.09 Å². The molecule has 0 aliphatic carbocycles. The smallest absolute Gasteiger partial charge is 0.356 e. The molecule has 0 unspecified atom stereocenters. The number of nitrogens with zero attached hydrogens (tertiary/aromatic N) is 1. The third-order valence-corrected chi connectivity index (χ3v) is 0. The molecule has 5 heavy (non-hydrogen) atoms. The van der Waals surface area contributed by atoms with Crippen LogP contribution in [0.25, 0.3) is 0 Å². The zero-order valence-corrected chi connectivity index (χ0v) is 5.31. The largest absolute Gasteiger partial charge is 3.00 e. The molecule has 0 rings (SSSR count). The maximum atomic E-state index is 8.25. The van der Waals surface area contributed by atoms with Crippen LogP contribution in [0.15, 0.2) is 0 Å². The van der Waals surface area contributed by atoms with Crippen molar-refractivity contribution < 1.29 is 46.8 Å². The number of hydrogen-bond donors (Lipinski definition) is 0. The summed E-state index contributed by atoms with van der Waals surface area (Å²) in [4.78, 5) is 8.25. The molecule has 0 spiro atoms. The summed E-state index contributed by atoms with van der Waals surface area (Å²) >= 11 is 0. The van der Waals surface area contributed by atoms with Crippen LogP contribution in [0.3, 0.4) is 0 Å². The molecule has 1 radical (unpaired) electrons. The van der Waals surface area contributed by atoms with Gasteiger partial charge in [-0.25, -0.2) is 0 Å². The predicted molar refractivity (Wildman–Crippen MR) is 10.4 cm³/mol. The molecule has 0 atom stereocenters. The molecular formula is CeNO3+2. The van der Waals surface area contributed by atoms with Gasteiger partial charge in [0, 0.05) is 0 Å². The van der Waals surface area contributed by atoms with Crippen molar-refractivity contribution >= 4 is 0 Å². The van der Waals surface area contributed by atoms with Gasteiger partial charge >= 0.3 is 41.7 Å². The minimum atomic E-state index is -1.75. The molecule has 0 N–H and O–H groups in total. The first-order chi connectivity index (χ1) is 1.73. The maximum absolute atomic E-state index is 8.25. The van der Waals surface area contributed by atoms with Gasteiger partial charge in [0.15, 0.2) is 0 Å². The van der Waals surface area contributed by atoms with Gasteiger partial charge in [0.25, 0.3) is 0 Å². The Balaban J connectivity index is 0. The molecular weight excluding hydrogens is 202 g/mol. The Hall–Kier alpha value is 0.577. The van der Waals surface area contributed by atoms with Gasteiger partial charge < -0.3 is 15.3 Å². The molecule has 25 valence electrons. The van der Waals surface area contributed by atoms with Gasteiger partial charge in [-0.15, -0.1) is 0 Å². The first kappa shape index (κ1) is 9.13. The van der Waals surface area contributed by atoms with Gasteiger partial charge in [0.05, 0.1) is 5.09 Å². The average Bonchev–Trinajstić information content (AvgIpc) is 0.811. The first-order valence-corrected chi connectivity index (χ1v) is 0.548. The van der Waals surface area contributed by atoms with Crippen molar-refractivity contribution in [1.29, 1.82) is 0 Å². The fraction of sp³-hybridized carbons (Fsp3) is 0. The van der Waals surface area contributed by atoms with Crippen molar-refractivity contribution in [3.8, 4) is 0 Å². The average molecular weight is 202 g/mol. The van der Waals surface area contributed by atoms with E-state index < -0.39 is 5.09 Å². The Labute approximate surface area is 61.7 Å². The second-order valence-electron chi connectivity index (χ2n) is 0.224. The Bertz CT molecular complexity index is 29.9. The van der Waals surface area contributed by atoms with Gasteiger partial charge in [0.2, 0.25) is 0 Å². The second kappa shape index (κ2) is 4.58. The van der Waals surface area contributed by atoms with Crippen LogP contribution in [0.5, 0.6) is 0 Å². The maximum Gasteiger partial charge on any atom is 3.00 e. The van der Waals surface area contributed by atoms with Crippen molar-refractivity contribution in [2.75, 3.05) is 0 Å². The van der Waals surface area contributed by atoms with Crippen molar-refractivity contribution in [2.45, 2.75) is 0 Å². The van der Waals surface area contributed by atoms with Crippen molar-refractivity contribution in [3.05, 3.63) is 15.3 Å². The summed E-state index contributed by atoms with van der Waals surface area (Å²) in [6.07, 6.45) is 0. The summed E-state index contributed by atoms with van der Waals surface area (Å²) < 4.78 is 0. The molecule has 0 aliphatic rings. The fourth-order valence-corrected chi connectivity index (χ4v) is 0. The molecule has 0 amide bonds. The minimum Gasteiger partial charge on any atom is -0.356 e. The van der Waals surface area contributed by atoms with Crippen LogP contribution in [0, 0.1) is 57.1 Å². The Morgan fingerprint density at radius 2 is 1.40 bits per heavy atom. The van der Waals surface area contributed by atoms with Crippen LogP contribution in [0.2, 0.25) is 0 Å². The summed E-state index contributed by atoms with van der Waals surface area (Å²) in [6.45, 7) is 0. The van der Waals surface area contributed by atoms with Gasteiger partial charge in [-0.3, -0.25) is 0 Å². The van der Waals surface area contributed by atoms with Gasteiger partial charge in [-0.05, 0) is 0 Å². The molecule has 0 aromatic carbocycles. The van der Waals surface area contributed by atoms with E-state index in [-0.39, 0.29) is 41.7 Å². The Morgan fingerprint density at radius 1 is 1.40 bits per heavy atom. The number of rotatable bonds is 0. The zero-order chi connectivity index (χ0) is 3.58. The van der Waals surface area contributed by atoms with E-state index in [0.717, 1.165) is 0 Å². The molecule has 5 heteroatoms. The summed E-state index contributed by atoms with van der Waals surface area (Å²) in [5.74, 6) is 0. The standard InChI is InChI=1S/Ce.NO3/c;2-1(3)4/q+3;-1. The normalized spacial score (nSPS) is 4.80. The topological polar surface area (TPSA) is 66.2 Å². The quantitative estimate of drug-likeness (QED) is 0.402. The van der Waals surface area contributed by atoms with Gasteiger partial charge in [0.1, 0.15) is 0 Å². The van der Waals surface area contributed by atoms with Crippen molar-refractivity contribution in [3.63, 3.8) is 0 Å². The van der Waals surface area contributed by atoms with E-state index in [2.05, 4.69) is 0 Å². The third-order valence-electron chi connectivity index (χ3n) is 0. The second-order valence-corrected chi connectivity index (χ2v) is 0.224. The summed E-state index contributed by atoms with van der Waals surface area (Å²) in [5.41, 5.74) is 0. The summed E-state index contributed by atoms with van der Waals surface area (Å²) in [7, 11) is 0. The van der Waals surface area contributed by atoms with Crippen LogP contribution >= 0.6 is 0 Å². The SMILES string of the molecule is O=[N+]([O-])[O-].[Ce+3]. The monoisotopic (exact) mass is 202 g/mol. The summed E-state index contributed by atoms with van der Waals surface area (Å²) in [5, 5.41) is 14.8. The molecule has 4 nitrogen and oxygen atoms in total. The zero-order valence-electron chi connectivity index (χ0n) is 2.17. The van der Waals surface area contributed by atoms with E-state index in [1.54, 1.807) is 0 Å². The van der Waals surface area contributed by atoms with Crippen LogP contribution < -0.4 is 0 Å². The van der Waals surface area contributed by atoms with Gasteiger partial charge in [-0.1, -0.05) is 0 Å². The van der Waals surface area contributed by atoms with E-state index in [1.807, 2.05) is 0 Å². The van der Waals surface area contributed by atoms with Gasteiger partial charge in [-0.2, -0.15) is 0 Å². The van der Waals surface area contributed by atoms with E-state index >= 15 is 0 Å². The van der Waals surface area contributed by atoms with E-state index in [1.165, 1.54) is 0 Å². The molecule has 0 aromatic heterocycles. The predicted octanol–water partition coefficient (Wildman–Crippen LogP) is -0.239. The number of hydrogen-bond acceptors (Lipinski definition) is 3. The minimum absolute atomic E-state index is 0. The molecule has 0 heterocycles. The van der Waals surface area contributed by atoms with E-state index in [4.69, 9.17) is 15.3 Å². The van der Waals surface area contributed by atoms with Crippen molar-refractivity contribution in [1.82, 2.24) is 0 Å². The van der Waals surface area contributed by atoms with Crippen LogP contribution in [-0.2, 0) is 0 Å². The van der Waals surface area contributed by atoms with Crippen LogP contribution in [0.1, 0.15) is 0 Å². The third kappa shape index (κ3) is 91.4. The summed E-state index contributed by atoms with van der Waals surface area (Å²) in [6, 6.07) is 0. The Kier molecular flexibility index (Phi) is 8.36. The molecule has 0 aromatic rings. The molecule has 0 saturated carbocycles. The molecule has 0 bridgehead atoms. The first-order valence-electron chi connectivity index (χ1n) is 0.548.